The number of hydrogen-bond donors (Lipinski definition) is 1. The minimum atomic E-state index is 0.925. The molecule has 0 spiro atoms. The van der Waals surface area contributed by atoms with Gasteiger partial charge in [0.15, 0.2) is 0 Å². The van der Waals surface area contributed by atoms with Crippen molar-refractivity contribution in [1.29, 1.82) is 0 Å². The van der Waals surface area contributed by atoms with Crippen molar-refractivity contribution in [2.75, 3.05) is 7.11 Å². The second-order valence-corrected chi connectivity index (χ2v) is 4.20. The van der Waals surface area contributed by atoms with Crippen molar-refractivity contribution < 1.29 is 4.74 Å². The molecular formula is C13H14N2O. The molecule has 16 heavy (non-hydrogen) atoms. The van der Waals surface area contributed by atoms with Gasteiger partial charge in [-0.25, -0.2) is 0 Å². The molecule has 1 aromatic heterocycles. The minimum Gasteiger partial charge on any atom is -0.497 e. The van der Waals surface area contributed by atoms with Crippen LogP contribution in [0.4, 0.5) is 0 Å². The molecule has 3 nitrogen and oxygen atoms in total. The SMILES string of the molecule is COc1ccc2c(c1)CCc1c-2n[nH]c1C. The number of H-pyrrole nitrogens is 1. The summed E-state index contributed by atoms with van der Waals surface area (Å²) in [5.74, 6) is 0.925. The maximum absolute atomic E-state index is 5.25. The number of methoxy groups -OCH3 is 1. The number of nitrogens with one attached hydrogen (secondary N) is 1. The van der Waals surface area contributed by atoms with E-state index in [4.69, 9.17) is 4.74 Å². The standard InChI is InChI=1S/C13H14N2O/c1-8-11-5-3-9-7-10(16-2)4-6-12(9)13(11)15-14-8/h4,6-7H,3,5H2,1-2H3,(H,14,15). The van der Waals surface area contributed by atoms with E-state index < -0.39 is 0 Å². The van der Waals surface area contributed by atoms with Crippen LogP contribution in [0.3, 0.4) is 0 Å². The number of aromatic nitrogens is 2. The molecule has 0 fully saturated rings. The van der Waals surface area contributed by atoms with Gasteiger partial charge in [-0.3, -0.25) is 5.10 Å². The van der Waals surface area contributed by atoms with Gasteiger partial charge in [0, 0.05) is 16.8 Å². The molecule has 3 rings (SSSR count). The minimum absolute atomic E-state index is 0.925. The van der Waals surface area contributed by atoms with Crippen LogP contribution in [0.1, 0.15) is 16.8 Å². The number of hydrogen-bond acceptors (Lipinski definition) is 2. The van der Waals surface area contributed by atoms with Gasteiger partial charge >= 0.3 is 0 Å². The van der Waals surface area contributed by atoms with Gasteiger partial charge in [-0.15, -0.1) is 0 Å². The molecule has 3 heteroatoms. The summed E-state index contributed by atoms with van der Waals surface area (Å²) in [5, 5.41) is 7.45. The lowest BCUT2D eigenvalue weighted by atomic mass is 9.89. The number of fused-ring (bicyclic) bond motifs is 3. The number of nitrogens with zero attached hydrogens (tertiary/aromatic N) is 1. The van der Waals surface area contributed by atoms with Gasteiger partial charge in [0.2, 0.25) is 0 Å². The van der Waals surface area contributed by atoms with E-state index in [0.29, 0.717) is 0 Å². The van der Waals surface area contributed by atoms with Crippen molar-refractivity contribution in [2.45, 2.75) is 19.8 Å². The predicted octanol–water partition coefficient (Wildman–Crippen LogP) is 2.49. The maximum atomic E-state index is 5.25. The van der Waals surface area contributed by atoms with Crippen molar-refractivity contribution in [3.8, 4) is 17.0 Å². The van der Waals surface area contributed by atoms with Crippen molar-refractivity contribution in [1.82, 2.24) is 10.2 Å². The zero-order chi connectivity index (χ0) is 11.1. The highest BCUT2D eigenvalue weighted by atomic mass is 16.5. The largest absolute Gasteiger partial charge is 0.497 e. The van der Waals surface area contributed by atoms with Gasteiger partial charge in [0.1, 0.15) is 5.75 Å². The molecule has 0 saturated heterocycles. The molecule has 1 N–H and O–H groups in total. The monoisotopic (exact) mass is 214 g/mol. The molecule has 0 amide bonds. The summed E-state index contributed by atoms with van der Waals surface area (Å²) < 4.78 is 5.25. The average molecular weight is 214 g/mol. The van der Waals surface area contributed by atoms with Crippen molar-refractivity contribution >= 4 is 0 Å². The second-order valence-electron chi connectivity index (χ2n) is 4.20. The van der Waals surface area contributed by atoms with Gasteiger partial charge < -0.3 is 4.74 Å². The molecule has 0 radical (unpaired) electrons. The van der Waals surface area contributed by atoms with Crippen molar-refractivity contribution in [3.05, 3.63) is 35.0 Å². The topological polar surface area (TPSA) is 37.9 Å². The Bertz CT molecular complexity index is 543. The number of aryl methyl sites for hydroxylation is 2. The summed E-state index contributed by atoms with van der Waals surface area (Å²) in [6.07, 6.45) is 2.14. The van der Waals surface area contributed by atoms with Gasteiger partial charge in [0.05, 0.1) is 12.8 Å². The molecule has 0 unspecified atom stereocenters. The summed E-state index contributed by atoms with van der Waals surface area (Å²) >= 11 is 0. The first-order chi connectivity index (χ1) is 7.79. The highest BCUT2D eigenvalue weighted by Gasteiger charge is 2.20. The van der Waals surface area contributed by atoms with Crippen LogP contribution in [0, 0.1) is 6.92 Å². The van der Waals surface area contributed by atoms with Crippen LogP contribution >= 0.6 is 0 Å². The molecule has 0 aliphatic heterocycles. The Morgan fingerprint density at radius 2 is 2.19 bits per heavy atom. The Morgan fingerprint density at radius 3 is 3.00 bits per heavy atom. The van der Waals surface area contributed by atoms with E-state index >= 15 is 0 Å². The van der Waals surface area contributed by atoms with Crippen LogP contribution in [0.15, 0.2) is 18.2 Å². The highest BCUT2D eigenvalue weighted by molar-refractivity contribution is 5.71. The molecule has 0 saturated carbocycles. The van der Waals surface area contributed by atoms with Crippen molar-refractivity contribution in [3.63, 3.8) is 0 Å². The Hall–Kier alpha value is -1.77. The molecule has 1 aliphatic carbocycles. The lowest BCUT2D eigenvalue weighted by Gasteiger charge is -2.16. The molecule has 82 valence electrons. The van der Waals surface area contributed by atoms with Crippen LogP contribution < -0.4 is 4.74 Å². The molecular weight excluding hydrogens is 200 g/mol. The smallest absolute Gasteiger partial charge is 0.119 e. The summed E-state index contributed by atoms with van der Waals surface area (Å²) in [5.41, 5.74) is 6.24. The Labute approximate surface area is 94.5 Å². The molecule has 1 heterocycles. The fourth-order valence-electron chi connectivity index (χ4n) is 2.38. The number of aromatic amines is 1. The Morgan fingerprint density at radius 1 is 1.31 bits per heavy atom. The quantitative estimate of drug-likeness (QED) is 0.792. The van der Waals surface area contributed by atoms with Crippen LogP contribution in [0.2, 0.25) is 0 Å². The summed E-state index contributed by atoms with van der Waals surface area (Å²) in [4.78, 5) is 0. The van der Waals surface area contributed by atoms with E-state index in [0.717, 1.165) is 24.3 Å². The number of rotatable bonds is 1. The van der Waals surface area contributed by atoms with E-state index in [2.05, 4.69) is 29.3 Å². The van der Waals surface area contributed by atoms with E-state index in [1.54, 1.807) is 7.11 Å². The molecule has 1 aromatic carbocycles. The van der Waals surface area contributed by atoms with E-state index in [9.17, 15) is 0 Å². The zero-order valence-electron chi connectivity index (χ0n) is 9.50. The molecule has 0 bridgehead atoms. The first-order valence-electron chi connectivity index (χ1n) is 5.50. The fourth-order valence-corrected chi connectivity index (χ4v) is 2.38. The van der Waals surface area contributed by atoms with E-state index in [-0.39, 0.29) is 0 Å². The van der Waals surface area contributed by atoms with Crippen molar-refractivity contribution in [2.24, 2.45) is 0 Å². The maximum Gasteiger partial charge on any atom is 0.119 e. The van der Waals surface area contributed by atoms with Gasteiger partial charge in [-0.1, -0.05) is 0 Å². The van der Waals surface area contributed by atoms with Crippen LogP contribution in [0.25, 0.3) is 11.3 Å². The zero-order valence-corrected chi connectivity index (χ0v) is 9.50. The summed E-state index contributed by atoms with van der Waals surface area (Å²) in [6.45, 7) is 2.08. The number of ether oxygens (including phenoxy) is 1. The third-order valence-corrected chi connectivity index (χ3v) is 3.29. The fraction of sp³-hybridized carbons (Fsp3) is 0.308. The third-order valence-electron chi connectivity index (χ3n) is 3.29. The molecule has 1 aliphatic rings. The van der Waals surface area contributed by atoms with Crippen LogP contribution in [-0.2, 0) is 12.8 Å². The average Bonchev–Trinajstić information content (AvgIpc) is 2.70. The van der Waals surface area contributed by atoms with Gasteiger partial charge in [0.25, 0.3) is 0 Å². The molecule has 0 atom stereocenters. The van der Waals surface area contributed by atoms with E-state index in [1.165, 1.54) is 22.4 Å². The third kappa shape index (κ3) is 1.24. The Balaban J connectivity index is 2.18. The lowest BCUT2D eigenvalue weighted by Crippen LogP contribution is -2.03. The van der Waals surface area contributed by atoms with Crippen LogP contribution in [0.5, 0.6) is 5.75 Å². The highest BCUT2D eigenvalue weighted by Crippen LogP contribution is 2.34. The normalized spacial score (nSPS) is 13.1. The van der Waals surface area contributed by atoms with Gasteiger partial charge in [-0.2, -0.15) is 5.10 Å². The first-order valence-corrected chi connectivity index (χ1v) is 5.50. The second kappa shape index (κ2) is 3.37. The predicted molar refractivity (Wildman–Crippen MR) is 62.7 cm³/mol. The number of benzene rings is 1. The lowest BCUT2D eigenvalue weighted by molar-refractivity contribution is 0.414. The Kier molecular flexibility index (Phi) is 1.99. The van der Waals surface area contributed by atoms with Crippen LogP contribution in [-0.4, -0.2) is 17.3 Å². The summed E-state index contributed by atoms with van der Waals surface area (Å²) in [7, 11) is 1.70. The first kappa shape index (κ1) is 9.46. The summed E-state index contributed by atoms with van der Waals surface area (Å²) in [6, 6.07) is 6.21. The van der Waals surface area contributed by atoms with Gasteiger partial charge in [-0.05, 0) is 43.5 Å². The van der Waals surface area contributed by atoms with E-state index in [1.807, 2.05) is 6.07 Å². The molecule has 2 aromatic rings.